The van der Waals surface area contributed by atoms with E-state index in [2.05, 4.69) is 12.2 Å². The molecule has 0 aromatic heterocycles. The van der Waals surface area contributed by atoms with Crippen LogP contribution in [-0.4, -0.2) is 43.1 Å². The molecule has 5 fully saturated rings. The molecule has 162 valence electrons. The number of likely N-dealkylation sites (tertiary alicyclic amines) is 1. The van der Waals surface area contributed by atoms with Crippen molar-refractivity contribution in [2.45, 2.75) is 57.0 Å². The van der Waals surface area contributed by atoms with Crippen LogP contribution in [0.15, 0.2) is 24.3 Å². The summed E-state index contributed by atoms with van der Waals surface area (Å²) in [6, 6.07) is 6.93. The second kappa shape index (κ2) is 6.96. The maximum absolute atomic E-state index is 13.7. The van der Waals surface area contributed by atoms with Crippen molar-refractivity contribution >= 4 is 12.0 Å². The lowest BCUT2D eigenvalue weighted by molar-refractivity contribution is -0.153. The van der Waals surface area contributed by atoms with E-state index in [-0.39, 0.29) is 23.2 Å². The number of nitrogens with zero attached hydrogens (tertiary/aromatic N) is 1. The number of ether oxygens (including phenoxy) is 1. The number of alkyl carbamates (subject to hydrolysis) is 1. The first kappa shape index (κ1) is 19.8. The second-order valence-electron chi connectivity index (χ2n) is 10.5. The summed E-state index contributed by atoms with van der Waals surface area (Å²) in [5, 5.41) is 2.45. The molecule has 0 radical (unpaired) electrons. The Morgan fingerprint density at radius 2 is 1.77 bits per heavy atom. The molecular weight excluding hydrogens is 383 g/mol. The predicted molar refractivity (Wildman–Crippen MR) is 110 cm³/mol. The number of benzene rings is 1. The third-order valence-corrected chi connectivity index (χ3v) is 8.46. The minimum atomic E-state index is -0.454. The van der Waals surface area contributed by atoms with E-state index in [4.69, 9.17) is 4.74 Å². The lowest BCUT2D eigenvalue weighted by atomic mass is 9.39. The molecule has 2 atom stereocenters. The molecule has 4 bridgehead atoms. The number of amides is 2. The summed E-state index contributed by atoms with van der Waals surface area (Å²) in [6.45, 7) is 3.34. The Kier molecular flexibility index (Phi) is 4.60. The SMILES string of the molecule is CNC(=O)OC1CN(C(=O)C[C@]2(c3ccc(F)cc3)C3CC4CC2C[C@](C)(C4)C3)C1. The Labute approximate surface area is 177 Å². The van der Waals surface area contributed by atoms with E-state index in [9.17, 15) is 14.0 Å². The Morgan fingerprint density at radius 3 is 2.33 bits per heavy atom. The van der Waals surface area contributed by atoms with E-state index in [0.717, 1.165) is 24.3 Å². The van der Waals surface area contributed by atoms with Crippen molar-refractivity contribution in [1.29, 1.82) is 0 Å². The molecule has 6 heteroatoms. The number of rotatable bonds is 4. The molecule has 2 amide bonds. The van der Waals surface area contributed by atoms with Crippen LogP contribution in [-0.2, 0) is 14.9 Å². The van der Waals surface area contributed by atoms with Crippen LogP contribution in [0.1, 0.15) is 51.0 Å². The first-order valence-corrected chi connectivity index (χ1v) is 11.2. The Morgan fingerprint density at radius 1 is 1.13 bits per heavy atom. The van der Waals surface area contributed by atoms with Crippen LogP contribution < -0.4 is 5.32 Å². The summed E-state index contributed by atoms with van der Waals surface area (Å²) in [4.78, 5) is 26.6. The lowest BCUT2D eigenvalue weighted by Gasteiger charge is -2.65. The molecule has 1 heterocycles. The van der Waals surface area contributed by atoms with E-state index in [1.807, 2.05) is 17.0 Å². The van der Waals surface area contributed by atoms with Crippen LogP contribution >= 0.6 is 0 Å². The third kappa shape index (κ3) is 3.10. The number of carbonyl (C=O) groups excluding carboxylic acids is 2. The average molecular weight is 415 g/mol. The van der Waals surface area contributed by atoms with Crippen LogP contribution in [0.4, 0.5) is 9.18 Å². The van der Waals surface area contributed by atoms with E-state index >= 15 is 0 Å². The molecule has 1 aliphatic heterocycles. The van der Waals surface area contributed by atoms with Gasteiger partial charge in [-0.3, -0.25) is 4.79 Å². The van der Waals surface area contributed by atoms with Crippen molar-refractivity contribution in [2.24, 2.45) is 23.2 Å². The maximum atomic E-state index is 13.7. The van der Waals surface area contributed by atoms with Gasteiger partial charge in [0.05, 0.1) is 13.1 Å². The van der Waals surface area contributed by atoms with Crippen molar-refractivity contribution in [3.8, 4) is 0 Å². The molecule has 5 aliphatic rings. The largest absolute Gasteiger partial charge is 0.442 e. The van der Waals surface area contributed by atoms with Crippen molar-refractivity contribution < 1.29 is 18.7 Å². The molecule has 0 spiro atoms. The van der Waals surface area contributed by atoms with Gasteiger partial charge in [0, 0.05) is 18.9 Å². The van der Waals surface area contributed by atoms with Gasteiger partial charge in [0.25, 0.3) is 0 Å². The number of halogens is 1. The molecule has 1 N–H and O–H groups in total. The topological polar surface area (TPSA) is 58.6 Å². The van der Waals surface area contributed by atoms with Crippen LogP contribution in [0, 0.1) is 29.0 Å². The number of hydrogen-bond acceptors (Lipinski definition) is 3. The van der Waals surface area contributed by atoms with Gasteiger partial charge in [-0.25, -0.2) is 9.18 Å². The molecule has 30 heavy (non-hydrogen) atoms. The van der Waals surface area contributed by atoms with E-state index in [1.165, 1.54) is 26.3 Å². The molecule has 1 aromatic rings. The van der Waals surface area contributed by atoms with Crippen LogP contribution in [0.2, 0.25) is 0 Å². The first-order chi connectivity index (χ1) is 14.3. The highest BCUT2D eigenvalue weighted by atomic mass is 19.1. The number of nitrogens with one attached hydrogen (secondary N) is 1. The highest BCUT2D eigenvalue weighted by Crippen LogP contribution is 2.68. The second-order valence-corrected chi connectivity index (χ2v) is 10.5. The fraction of sp³-hybridized carbons (Fsp3) is 0.667. The highest BCUT2D eigenvalue weighted by Gasteiger charge is 2.62. The van der Waals surface area contributed by atoms with Crippen molar-refractivity contribution in [2.75, 3.05) is 20.1 Å². The maximum Gasteiger partial charge on any atom is 0.407 e. The summed E-state index contributed by atoms with van der Waals surface area (Å²) in [5.41, 5.74) is 1.33. The van der Waals surface area contributed by atoms with Gasteiger partial charge in [0.15, 0.2) is 0 Å². The van der Waals surface area contributed by atoms with Gasteiger partial charge >= 0.3 is 6.09 Å². The quantitative estimate of drug-likeness (QED) is 0.814. The first-order valence-electron chi connectivity index (χ1n) is 11.2. The zero-order chi connectivity index (χ0) is 21.1. The van der Waals surface area contributed by atoms with Crippen LogP contribution in [0.25, 0.3) is 0 Å². The van der Waals surface area contributed by atoms with Gasteiger partial charge in [0.2, 0.25) is 5.91 Å². The van der Waals surface area contributed by atoms with Gasteiger partial charge in [-0.15, -0.1) is 0 Å². The number of hydrogen-bond donors (Lipinski definition) is 1. The molecule has 1 aromatic carbocycles. The molecule has 4 aliphatic carbocycles. The third-order valence-electron chi connectivity index (χ3n) is 8.46. The zero-order valence-corrected chi connectivity index (χ0v) is 17.8. The smallest absolute Gasteiger partial charge is 0.407 e. The van der Waals surface area contributed by atoms with Crippen LogP contribution in [0.5, 0.6) is 0 Å². The predicted octanol–water partition coefficient (Wildman–Crippen LogP) is 3.87. The van der Waals surface area contributed by atoms with Gasteiger partial charge < -0.3 is 15.0 Å². The molecule has 6 rings (SSSR count). The van der Waals surface area contributed by atoms with Gasteiger partial charge in [-0.1, -0.05) is 19.1 Å². The molecule has 5 nitrogen and oxygen atoms in total. The van der Waals surface area contributed by atoms with Crippen molar-refractivity contribution in [1.82, 2.24) is 10.2 Å². The Bertz CT molecular complexity index is 833. The fourth-order valence-corrected chi connectivity index (χ4v) is 7.40. The highest BCUT2D eigenvalue weighted by molar-refractivity contribution is 5.79. The van der Waals surface area contributed by atoms with E-state index in [1.54, 1.807) is 12.1 Å². The monoisotopic (exact) mass is 414 g/mol. The van der Waals surface area contributed by atoms with E-state index in [0.29, 0.717) is 36.8 Å². The molecule has 4 saturated carbocycles. The van der Waals surface area contributed by atoms with Crippen molar-refractivity contribution in [3.63, 3.8) is 0 Å². The summed E-state index contributed by atoms with van der Waals surface area (Å²) in [6.07, 6.45) is 5.79. The Hall–Kier alpha value is -2.11. The van der Waals surface area contributed by atoms with Crippen molar-refractivity contribution in [3.05, 3.63) is 35.6 Å². The summed E-state index contributed by atoms with van der Waals surface area (Å²) < 4.78 is 19.0. The Balaban J connectivity index is 1.39. The van der Waals surface area contributed by atoms with Gasteiger partial charge in [-0.2, -0.15) is 0 Å². The fourth-order valence-electron chi connectivity index (χ4n) is 7.40. The van der Waals surface area contributed by atoms with Gasteiger partial charge in [-0.05, 0) is 73.0 Å². The minimum Gasteiger partial charge on any atom is -0.442 e. The summed E-state index contributed by atoms with van der Waals surface area (Å²) >= 11 is 0. The average Bonchev–Trinajstić information content (AvgIpc) is 2.66. The molecule has 2 unspecified atom stereocenters. The molecular formula is C24H31FN2O3. The normalized spacial score (nSPS) is 37.0. The van der Waals surface area contributed by atoms with Crippen LogP contribution in [0.3, 0.4) is 0 Å². The van der Waals surface area contributed by atoms with Gasteiger partial charge in [0.1, 0.15) is 11.9 Å². The standard InChI is InChI=1S/C24H31FN2O3/c1-23-9-15-7-17(10-23)24(18(8-15)11-23,16-3-5-19(25)6-4-16)12-21(28)27-13-20(14-27)30-22(29)26-2/h3-6,15,17-18,20H,7-14H2,1-2H3,(H,26,29)/t15?,17?,18?,23-,24+. The summed E-state index contributed by atoms with van der Waals surface area (Å²) in [7, 11) is 1.53. The summed E-state index contributed by atoms with van der Waals surface area (Å²) in [5.74, 6) is 1.62. The lowest BCUT2D eigenvalue weighted by Crippen LogP contribution is -2.62. The minimum absolute atomic E-state index is 0.133. The zero-order valence-electron chi connectivity index (χ0n) is 17.8. The molecule has 1 saturated heterocycles. The van der Waals surface area contributed by atoms with E-state index < -0.39 is 6.09 Å². The number of carbonyl (C=O) groups is 2.